The zero-order valence-electron chi connectivity index (χ0n) is 19.6. The number of carbonyl (C=O) groups is 1. The molecule has 1 amide bonds. The molecule has 0 spiro atoms. The van der Waals surface area contributed by atoms with Crippen molar-refractivity contribution in [2.75, 3.05) is 0 Å². The monoisotopic (exact) mass is 432 g/mol. The number of nitrogens with zero attached hydrogens (tertiary/aromatic N) is 4. The first-order valence-corrected chi connectivity index (χ1v) is 11.2. The molecule has 1 aromatic carbocycles. The van der Waals surface area contributed by atoms with Crippen LogP contribution in [0.2, 0.25) is 0 Å². The van der Waals surface area contributed by atoms with E-state index in [2.05, 4.69) is 46.6 Å². The summed E-state index contributed by atoms with van der Waals surface area (Å²) in [4.78, 5) is 12.8. The Morgan fingerprint density at radius 1 is 1.28 bits per heavy atom. The Labute approximate surface area is 189 Å². The molecule has 1 aliphatic carbocycles. The molecule has 32 heavy (non-hydrogen) atoms. The number of fused-ring (bicyclic) bond motifs is 1. The lowest BCUT2D eigenvalue weighted by Crippen LogP contribution is -2.24. The van der Waals surface area contributed by atoms with Crippen molar-refractivity contribution >= 4 is 12.1 Å². The average molecular weight is 433 g/mol. The molecule has 0 bridgehead atoms. The number of aromatic amines is 1. The third kappa shape index (κ3) is 4.66. The van der Waals surface area contributed by atoms with Crippen LogP contribution in [0.4, 0.5) is 0 Å². The van der Waals surface area contributed by atoms with Crippen LogP contribution in [-0.4, -0.2) is 32.1 Å². The highest BCUT2D eigenvalue weighted by molar-refractivity contribution is 5.95. The second-order valence-electron chi connectivity index (χ2n) is 9.93. The number of carbonyl (C=O) groups excluding carboxylic acids is 1. The summed E-state index contributed by atoms with van der Waals surface area (Å²) in [5, 5.41) is 16.2. The maximum atomic E-state index is 12.8. The molecule has 2 heterocycles. The Bertz CT molecular complexity index is 1130. The van der Waals surface area contributed by atoms with E-state index in [1.807, 2.05) is 48.9 Å². The van der Waals surface area contributed by atoms with Crippen LogP contribution in [-0.2, 0) is 12.8 Å². The van der Waals surface area contributed by atoms with Crippen LogP contribution in [0, 0.1) is 25.2 Å². The number of aromatic nitrogens is 4. The van der Waals surface area contributed by atoms with Crippen molar-refractivity contribution in [1.82, 2.24) is 25.4 Å². The number of hydrogen-bond acceptors (Lipinski definition) is 4. The fourth-order valence-electron chi connectivity index (χ4n) is 4.67. The van der Waals surface area contributed by atoms with Gasteiger partial charge in [-0.15, -0.1) is 0 Å². The van der Waals surface area contributed by atoms with Gasteiger partial charge in [-0.3, -0.25) is 9.89 Å². The molecule has 4 rings (SSSR count). The standard InChI is InChI=1S/C25H32N6O/c1-16-21(17(2)31(30-16)19-9-7-6-8-10-19)15-26-29-24(32)23-20-13-18(14-25(3,4)5)11-12-22(20)27-28-23/h6-10,15,18H,11-14H2,1-5H3,(H,27,28)(H,29,32)/b26-15-/t18-/m0/s1. The van der Waals surface area contributed by atoms with E-state index in [4.69, 9.17) is 0 Å². The van der Waals surface area contributed by atoms with Crippen LogP contribution in [0.5, 0.6) is 0 Å². The first kappa shape index (κ1) is 22.0. The molecule has 1 atom stereocenters. The van der Waals surface area contributed by atoms with E-state index >= 15 is 0 Å². The van der Waals surface area contributed by atoms with Crippen molar-refractivity contribution in [1.29, 1.82) is 0 Å². The number of hydrazone groups is 1. The number of aryl methyl sites for hydroxylation is 2. The fourth-order valence-corrected chi connectivity index (χ4v) is 4.67. The molecule has 0 saturated carbocycles. The Morgan fingerprint density at radius 3 is 2.75 bits per heavy atom. The Kier molecular flexibility index (Phi) is 6.00. The molecule has 0 aliphatic heterocycles. The first-order chi connectivity index (χ1) is 15.2. The molecule has 168 valence electrons. The predicted octanol–water partition coefficient (Wildman–Crippen LogP) is 4.52. The first-order valence-electron chi connectivity index (χ1n) is 11.2. The number of hydrogen-bond donors (Lipinski definition) is 2. The summed E-state index contributed by atoms with van der Waals surface area (Å²) in [5.41, 5.74) is 9.23. The van der Waals surface area contributed by atoms with E-state index in [0.29, 0.717) is 11.6 Å². The highest BCUT2D eigenvalue weighted by Gasteiger charge is 2.29. The van der Waals surface area contributed by atoms with E-state index < -0.39 is 0 Å². The summed E-state index contributed by atoms with van der Waals surface area (Å²) in [5.74, 6) is 0.296. The number of nitrogens with one attached hydrogen (secondary N) is 2. The number of rotatable bonds is 5. The predicted molar refractivity (Wildman–Crippen MR) is 126 cm³/mol. The molecule has 2 N–H and O–H groups in total. The maximum absolute atomic E-state index is 12.8. The smallest absolute Gasteiger partial charge is 0.281 e. The molecule has 2 aromatic heterocycles. The number of para-hydroxylation sites is 1. The SMILES string of the molecule is Cc1nn(-c2ccccc2)c(C)c1/C=N\NC(=O)c1n[nH]c2c1C[C@@H](CC(C)(C)C)CC2. The van der Waals surface area contributed by atoms with Crippen molar-refractivity contribution in [3.05, 3.63) is 64.2 Å². The normalized spacial score (nSPS) is 16.3. The van der Waals surface area contributed by atoms with Gasteiger partial charge in [-0.25, -0.2) is 10.1 Å². The number of benzene rings is 1. The van der Waals surface area contributed by atoms with E-state index in [1.54, 1.807) is 6.21 Å². The quantitative estimate of drug-likeness (QED) is 0.459. The van der Waals surface area contributed by atoms with Gasteiger partial charge in [0, 0.05) is 16.8 Å². The van der Waals surface area contributed by atoms with Gasteiger partial charge in [-0.2, -0.15) is 15.3 Å². The third-order valence-electron chi connectivity index (χ3n) is 6.07. The van der Waals surface area contributed by atoms with Gasteiger partial charge in [-0.1, -0.05) is 39.0 Å². The summed E-state index contributed by atoms with van der Waals surface area (Å²) in [6.45, 7) is 10.7. The van der Waals surface area contributed by atoms with Gasteiger partial charge in [0.25, 0.3) is 5.91 Å². The minimum Gasteiger partial charge on any atom is -0.281 e. The van der Waals surface area contributed by atoms with E-state index in [9.17, 15) is 4.79 Å². The van der Waals surface area contributed by atoms with Crippen LogP contribution >= 0.6 is 0 Å². The molecule has 0 unspecified atom stereocenters. The molecular weight excluding hydrogens is 400 g/mol. The van der Waals surface area contributed by atoms with Gasteiger partial charge in [0.2, 0.25) is 0 Å². The maximum Gasteiger partial charge on any atom is 0.292 e. The van der Waals surface area contributed by atoms with Crippen molar-refractivity contribution in [3.8, 4) is 5.69 Å². The lowest BCUT2D eigenvalue weighted by atomic mass is 9.76. The zero-order chi connectivity index (χ0) is 22.9. The largest absolute Gasteiger partial charge is 0.292 e. The molecule has 7 nitrogen and oxygen atoms in total. The lowest BCUT2D eigenvalue weighted by molar-refractivity contribution is 0.0948. The van der Waals surface area contributed by atoms with Gasteiger partial charge in [0.15, 0.2) is 5.69 Å². The summed E-state index contributed by atoms with van der Waals surface area (Å²) >= 11 is 0. The summed E-state index contributed by atoms with van der Waals surface area (Å²) < 4.78 is 1.89. The Hall–Kier alpha value is -3.22. The van der Waals surface area contributed by atoms with Crippen LogP contribution in [0.15, 0.2) is 35.4 Å². The van der Waals surface area contributed by atoms with Crippen LogP contribution in [0.25, 0.3) is 5.69 Å². The van der Waals surface area contributed by atoms with Gasteiger partial charge < -0.3 is 0 Å². The van der Waals surface area contributed by atoms with Gasteiger partial charge in [-0.05, 0) is 63.0 Å². The second kappa shape index (κ2) is 8.73. The minimum absolute atomic E-state index is 0.276. The fraction of sp³-hybridized carbons (Fsp3) is 0.440. The van der Waals surface area contributed by atoms with Crippen LogP contribution in [0.3, 0.4) is 0 Å². The van der Waals surface area contributed by atoms with E-state index in [-0.39, 0.29) is 11.3 Å². The molecule has 0 fully saturated rings. The van der Waals surface area contributed by atoms with E-state index in [0.717, 1.165) is 59.6 Å². The highest BCUT2D eigenvalue weighted by atomic mass is 16.2. The van der Waals surface area contributed by atoms with Crippen LogP contribution < -0.4 is 5.43 Å². The van der Waals surface area contributed by atoms with Crippen molar-refractivity contribution in [2.24, 2.45) is 16.4 Å². The Balaban J connectivity index is 1.47. The summed E-state index contributed by atoms with van der Waals surface area (Å²) in [6, 6.07) is 9.96. The second-order valence-corrected chi connectivity index (χ2v) is 9.93. The number of amides is 1. The van der Waals surface area contributed by atoms with Crippen molar-refractivity contribution in [2.45, 2.75) is 60.3 Å². The molecule has 3 aromatic rings. The van der Waals surface area contributed by atoms with Gasteiger partial charge >= 0.3 is 0 Å². The molecule has 1 aliphatic rings. The van der Waals surface area contributed by atoms with Gasteiger partial charge in [0.05, 0.1) is 23.3 Å². The van der Waals surface area contributed by atoms with E-state index in [1.165, 1.54) is 0 Å². The summed E-state index contributed by atoms with van der Waals surface area (Å²) in [7, 11) is 0. The number of H-pyrrole nitrogens is 1. The molecule has 0 saturated heterocycles. The third-order valence-corrected chi connectivity index (χ3v) is 6.07. The minimum atomic E-state index is -0.277. The molecule has 7 heteroatoms. The Morgan fingerprint density at radius 2 is 2.03 bits per heavy atom. The van der Waals surface area contributed by atoms with Crippen molar-refractivity contribution < 1.29 is 4.79 Å². The van der Waals surface area contributed by atoms with Crippen LogP contribution in [0.1, 0.15) is 72.3 Å². The highest BCUT2D eigenvalue weighted by Crippen LogP contribution is 2.34. The molecule has 0 radical (unpaired) electrons. The van der Waals surface area contributed by atoms with Gasteiger partial charge in [0.1, 0.15) is 0 Å². The zero-order valence-corrected chi connectivity index (χ0v) is 19.6. The molecular formula is C25H32N6O. The average Bonchev–Trinajstić information content (AvgIpc) is 3.28. The topological polar surface area (TPSA) is 88.0 Å². The summed E-state index contributed by atoms with van der Waals surface area (Å²) in [6.07, 6.45) is 5.77. The van der Waals surface area contributed by atoms with Crippen molar-refractivity contribution in [3.63, 3.8) is 0 Å². The lowest BCUT2D eigenvalue weighted by Gasteiger charge is -2.28.